The molecule has 0 atom stereocenters. The number of benzene rings is 3. The molecule has 0 N–H and O–H groups in total. The smallest absolute Gasteiger partial charge is 0.205 e. The number of nitrogens with zero attached hydrogens (tertiary/aromatic N) is 3. The minimum absolute atomic E-state index is 0.557. The number of alkyl halides is 9. The Balaban J connectivity index is 2.40. The molecule has 1 fully saturated rings. The molecule has 3 aromatic carbocycles. The summed E-state index contributed by atoms with van der Waals surface area (Å²) in [5, 5.41) is 29.0. The van der Waals surface area contributed by atoms with Crippen LogP contribution in [-0.2, 0) is 18.5 Å². The number of halogens is 21. The fourth-order valence-corrected chi connectivity index (χ4v) is 4.95. The molecule has 282 valence electrons. The Hall–Kier alpha value is -6.12. The molecule has 0 unspecified atom stereocenters. The molecule has 3 aromatic rings. The summed E-state index contributed by atoms with van der Waals surface area (Å²) in [5.41, 5.74) is -31.1. The lowest BCUT2D eigenvalue weighted by Gasteiger charge is -2.14. The highest BCUT2D eigenvalue weighted by Crippen LogP contribution is 2.58. The second-order valence-electron chi connectivity index (χ2n) is 10.1. The molecular weight excluding hydrogens is 801 g/mol. The maximum Gasteiger partial charge on any atom is 0.422 e. The first-order valence-corrected chi connectivity index (χ1v) is 12.9. The minimum atomic E-state index is -6.36. The zero-order valence-electron chi connectivity index (χ0n) is 24.3. The second kappa shape index (κ2) is 13.1. The van der Waals surface area contributed by atoms with Crippen LogP contribution in [0.4, 0.5) is 92.2 Å². The second-order valence-corrected chi connectivity index (χ2v) is 10.1. The molecule has 0 bridgehead atoms. The van der Waals surface area contributed by atoms with E-state index in [1.807, 2.05) is 0 Å². The van der Waals surface area contributed by atoms with Gasteiger partial charge < -0.3 is 0 Å². The molecule has 1 aliphatic rings. The third-order valence-electron chi connectivity index (χ3n) is 7.16. The van der Waals surface area contributed by atoms with Crippen LogP contribution in [0.1, 0.15) is 33.4 Å². The normalized spacial score (nSPS) is 15.1. The molecule has 1 aliphatic carbocycles. The van der Waals surface area contributed by atoms with Crippen molar-refractivity contribution in [2.45, 2.75) is 18.5 Å². The van der Waals surface area contributed by atoms with Gasteiger partial charge in [-0.25, -0.2) is 52.7 Å². The van der Waals surface area contributed by atoms with Crippen molar-refractivity contribution < 1.29 is 92.2 Å². The van der Waals surface area contributed by atoms with Crippen LogP contribution < -0.4 is 0 Å². The van der Waals surface area contributed by atoms with Gasteiger partial charge in [0, 0.05) is 16.7 Å². The van der Waals surface area contributed by atoms with Gasteiger partial charge in [0.15, 0.2) is 64.0 Å². The Morgan fingerprint density at radius 1 is 0.296 bits per heavy atom. The Morgan fingerprint density at radius 3 is 0.704 bits per heavy atom. The van der Waals surface area contributed by atoms with E-state index in [1.54, 1.807) is 0 Å². The summed E-state index contributed by atoms with van der Waals surface area (Å²) in [6.07, 6.45) is -18.9. The fourth-order valence-electron chi connectivity index (χ4n) is 4.95. The molecular formula is C30F21N3. The topological polar surface area (TPSA) is 71.4 Å². The van der Waals surface area contributed by atoms with Gasteiger partial charge in [-0.3, -0.25) is 0 Å². The Morgan fingerprint density at radius 2 is 0.481 bits per heavy atom. The molecule has 0 radical (unpaired) electrons. The van der Waals surface area contributed by atoms with Gasteiger partial charge in [-0.05, 0) is 0 Å². The van der Waals surface area contributed by atoms with Crippen molar-refractivity contribution in [2.24, 2.45) is 0 Å². The average Bonchev–Trinajstić information content (AvgIpc) is 3.76. The van der Waals surface area contributed by atoms with Gasteiger partial charge in [-0.15, -0.1) is 0 Å². The monoisotopic (exact) mass is 801 g/mol. The van der Waals surface area contributed by atoms with Crippen molar-refractivity contribution >= 4 is 16.7 Å². The Bertz CT molecular complexity index is 2260. The van der Waals surface area contributed by atoms with Gasteiger partial charge in [-0.2, -0.15) is 55.3 Å². The number of hydrogen-bond acceptors (Lipinski definition) is 3. The molecule has 3 nitrogen and oxygen atoms in total. The largest absolute Gasteiger partial charge is 0.422 e. The highest BCUT2D eigenvalue weighted by atomic mass is 19.4. The van der Waals surface area contributed by atoms with Crippen LogP contribution in [0.15, 0.2) is 16.7 Å². The van der Waals surface area contributed by atoms with Crippen molar-refractivity contribution in [3.8, 4) is 18.2 Å². The highest BCUT2D eigenvalue weighted by Gasteiger charge is 2.50. The minimum Gasteiger partial charge on any atom is -0.205 e. The summed E-state index contributed by atoms with van der Waals surface area (Å²) < 4.78 is 296. The maximum atomic E-state index is 15.2. The van der Waals surface area contributed by atoms with Gasteiger partial charge in [0.1, 0.15) is 40.7 Å². The lowest BCUT2D eigenvalue weighted by atomic mass is 9.98. The summed E-state index contributed by atoms with van der Waals surface area (Å²) in [6, 6.07) is 1.70. The lowest BCUT2D eigenvalue weighted by molar-refractivity contribution is -0.144. The van der Waals surface area contributed by atoms with E-state index in [9.17, 15) is 86.0 Å². The molecule has 0 amide bonds. The summed E-state index contributed by atoms with van der Waals surface area (Å²) in [6.45, 7) is 0. The molecule has 0 aromatic heterocycles. The van der Waals surface area contributed by atoms with E-state index in [-0.39, 0.29) is 0 Å². The van der Waals surface area contributed by atoms with E-state index < -0.39 is 155 Å². The summed E-state index contributed by atoms with van der Waals surface area (Å²) in [5.74, 6) is -39.6. The van der Waals surface area contributed by atoms with Crippen molar-refractivity contribution in [1.29, 1.82) is 15.8 Å². The van der Waals surface area contributed by atoms with Crippen molar-refractivity contribution in [3.63, 3.8) is 0 Å². The number of hydrogen-bond donors (Lipinski definition) is 0. The Labute approximate surface area is 282 Å². The van der Waals surface area contributed by atoms with Crippen LogP contribution in [0.5, 0.6) is 0 Å². The zero-order valence-corrected chi connectivity index (χ0v) is 24.3. The quantitative estimate of drug-likeness (QED) is 0.115. The summed E-state index contributed by atoms with van der Waals surface area (Å²) in [7, 11) is 0. The highest BCUT2D eigenvalue weighted by molar-refractivity contribution is 6.12. The van der Waals surface area contributed by atoms with E-state index in [0.717, 1.165) is 0 Å². The number of rotatable bonds is 3. The van der Waals surface area contributed by atoms with E-state index in [1.165, 1.54) is 0 Å². The molecule has 54 heavy (non-hydrogen) atoms. The fraction of sp³-hybridized carbons (Fsp3) is 0.100. The summed E-state index contributed by atoms with van der Waals surface area (Å²) >= 11 is 0. The van der Waals surface area contributed by atoms with E-state index >= 15 is 22.0 Å². The molecule has 0 aliphatic heterocycles. The van der Waals surface area contributed by atoms with Crippen LogP contribution >= 0.6 is 0 Å². The average molecular weight is 801 g/mol. The number of allylic oxidation sites excluding steroid dienone is 6. The Kier molecular flexibility index (Phi) is 9.84. The lowest BCUT2D eigenvalue weighted by Crippen LogP contribution is -2.17. The van der Waals surface area contributed by atoms with Crippen molar-refractivity contribution in [2.75, 3.05) is 0 Å². The third kappa shape index (κ3) is 6.02. The van der Waals surface area contributed by atoms with E-state index in [0.29, 0.717) is 18.2 Å². The van der Waals surface area contributed by atoms with Crippen LogP contribution in [0, 0.1) is 104 Å². The maximum absolute atomic E-state index is 15.2. The van der Waals surface area contributed by atoms with Crippen LogP contribution in [-0.4, -0.2) is 0 Å². The predicted octanol–water partition coefficient (Wildman–Crippen LogP) is 10.7. The predicted molar refractivity (Wildman–Crippen MR) is 131 cm³/mol. The van der Waals surface area contributed by atoms with Gasteiger partial charge in [-0.1, -0.05) is 0 Å². The van der Waals surface area contributed by atoms with Crippen molar-refractivity contribution in [3.05, 3.63) is 120 Å². The van der Waals surface area contributed by atoms with Crippen LogP contribution in [0.2, 0.25) is 0 Å². The molecule has 0 saturated heterocycles. The molecule has 1 saturated carbocycles. The first kappa shape index (κ1) is 40.6. The zero-order chi connectivity index (χ0) is 41.5. The molecule has 4 rings (SSSR count). The molecule has 24 heteroatoms. The van der Waals surface area contributed by atoms with Gasteiger partial charge in [0.25, 0.3) is 0 Å². The standard InChI is InChI=1S/C30F21N3/c31-16-10(21(36)27(42)26(41)13(16)28(43,44)45)4(1-52)7-8(5(2-53)11-17(32)22(37)14(29(46,47)48)23(38)18(11)33)9(7)6(3-54)12-19(34)24(39)15(30(49,50)51)25(40)20(12)35. The molecule has 0 heterocycles. The van der Waals surface area contributed by atoms with E-state index in [4.69, 9.17) is 0 Å². The summed E-state index contributed by atoms with van der Waals surface area (Å²) in [4.78, 5) is 0. The van der Waals surface area contributed by atoms with Crippen molar-refractivity contribution in [1.82, 2.24) is 0 Å². The first-order valence-electron chi connectivity index (χ1n) is 12.9. The van der Waals surface area contributed by atoms with Gasteiger partial charge in [0.2, 0.25) is 0 Å². The number of nitriles is 3. The molecule has 0 spiro atoms. The van der Waals surface area contributed by atoms with E-state index in [2.05, 4.69) is 0 Å². The third-order valence-corrected chi connectivity index (χ3v) is 7.16. The van der Waals surface area contributed by atoms with Gasteiger partial charge >= 0.3 is 18.5 Å². The van der Waals surface area contributed by atoms with Crippen LogP contribution in [0.25, 0.3) is 16.7 Å². The van der Waals surface area contributed by atoms with Crippen LogP contribution in [0.3, 0.4) is 0 Å². The SMILES string of the molecule is N#CC(=C1C(=C(C#N)c2c(F)c(F)c(C(F)(F)F)c(F)c2F)C1=C(C#N)c1c(F)c(F)c(F)c(C(F)(F)F)c1F)c1c(F)c(F)c(C(F)(F)F)c(F)c1F. The van der Waals surface area contributed by atoms with Gasteiger partial charge in [0.05, 0.1) is 33.4 Å². The first-order chi connectivity index (χ1) is 24.6.